The predicted octanol–water partition coefficient (Wildman–Crippen LogP) is 1.38. The van der Waals surface area contributed by atoms with Crippen molar-refractivity contribution >= 4 is 23.4 Å². The molecule has 0 aliphatic rings. The van der Waals surface area contributed by atoms with E-state index in [2.05, 4.69) is 9.59 Å². The number of nitrogens with zero attached hydrogens (tertiary/aromatic N) is 3. The zero-order chi connectivity index (χ0) is 13.9. The summed E-state index contributed by atoms with van der Waals surface area (Å²) in [5, 5.41) is 12.7. The van der Waals surface area contributed by atoms with E-state index in [1.54, 1.807) is 6.92 Å². The van der Waals surface area contributed by atoms with Crippen molar-refractivity contribution < 1.29 is 14.7 Å². The average Bonchev–Trinajstić information content (AvgIpc) is 2.72. The Balaban J connectivity index is 3.03. The summed E-state index contributed by atoms with van der Waals surface area (Å²) < 4.78 is 3.80. The van der Waals surface area contributed by atoms with Crippen LogP contribution in [0.2, 0.25) is 0 Å². The molecule has 0 spiro atoms. The molecule has 0 fully saturated rings. The Morgan fingerprint density at radius 1 is 1.39 bits per heavy atom. The third-order valence-electron chi connectivity index (χ3n) is 2.39. The Morgan fingerprint density at radius 2 is 2.00 bits per heavy atom. The molecule has 0 unspecified atom stereocenters. The number of aliphatic carboxylic acids is 1. The van der Waals surface area contributed by atoms with Crippen LogP contribution in [0.5, 0.6) is 0 Å². The topological polar surface area (TPSA) is 83.4 Å². The summed E-state index contributed by atoms with van der Waals surface area (Å²) in [4.78, 5) is 24.6. The summed E-state index contributed by atoms with van der Waals surface area (Å²) in [5.41, 5.74) is 0.321. The Morgan fingerprint density at radius 3 is 2.44 bits per heavy atom. The molecule has 0 saturated carbocycles. The van der Waals surface area contributed by atoms with Gasteiger partial charge in [-0.15, -0.1) is 5.10 Å². The van der Waals surface area contributed by atoms with Gasteiger partial charge >= 0.3 is 5.97 Å². The first-order valence-corrected chi connectivity index (χ1v) is 6.38. The summed E-state index contributed by atoms with van der Waals surface area (Å²) >= 11 is 1.01. The van der Waals surface area contributed by atoms with Gasteiger partial charge in [-0.25, -0.2) is 0 Å². The lowest BCUT2D eigenvalue weighted by Crippen LogP contribution is -2.36. The van der Waals surface area contributed by atoms with E-state index in [9.17, 15) is 9.59 Å². The smallest absolute Gasteiger partial charge is 0.323 e. The Hall–Kier alpha value is -1.50. The van der Waals surface area contributed by atoms with Crippen molar-refractivity contribution in [2.75, 3.05) is 13.1 Å². The molecule has 0 atom stereocenters. The number of amides is 1. The van der Waals surface area contributed by atoms with Gasteiger partial charge < -0.3 is 10.0 Å². The first-order valence-electron chi connectivity index (χ1n) is 5.61. The normalized spacial score (nSPS) is 11.3. The van der Waals surface area contributed by atoms with Gasteiger partial charge in [0.1, 0.15) is 11.4 Å². The van der Waals surface area contributed by atoms with Gasteiger partial charge in [0, 0.05) is 12.0 Å². The van der Waals surface area contributed by atoms with E-state index in [0.717, 1.165) is 11.5 Å². The minimum absolute atomic E-state index is 0.291. The van der Waals surface area contributed by atoms with E-state index >= 15 is 0 Å². The minimum atomic E-state index is -1.03. The number of hydrogen-bond acceptors (Lipinski definition) is 5. The second kappa shape index (κ2) is 5.43. The van der Waals surface area contributed by atoms with Gasteiger partial charge in [0.2, 0.25) is 0 Å². The zero-order valence-corrected chi connectivity index (χ0v) is 11.7. The van der Waals surface area contributed by atoms with Crippen LogP contribution in [-0.2, 0) is 10.2 Å². The standard InChI is InChI=1S/C11H17N3O3S/c1-5-14(6-7(15)16)10(17)8-9(11(2,3)4)12-13-18-8/h5-6H2,1-4H3,(H,15,16). The maximum atomic E-state index is 12.2. The van der Waals surface area contributed by atoms with Crippen molar-refractivity contribution in [1.29, 1.82) is 0 Å². The van der Waals surface area contributed by atoms with Gasteiger partial charge in [0.15, 0.2) is 0 Å². The van der Waals surface area contributed by atoms with Gasteiger partial charge in [0.05, 0.1) is 5.69 Å². The van der Waals surface area contributed by atoms with Gasteiger partial charge in [-0.05, 0) is 18.5 Å². The number of carbonyl (C=O) groups is 2. The second-order valence-electron chi connectivity index (χ2n) is 4.91. The van der Waals surface area contributed by atoms with Gasteiger partial charge in [0.25, 0.3) is 5.91 Å². The highest BCUT2D eigenvalue weighted by Gasteiger charge is 2.29. The van der Waals surface area contributed by atoms with E-state index < -0.39 is 5.97 Å². The largest absolute Gasteiger partial charge is 0.480 e. The molecule has 0 radical (unpaired) electrons. The molecule has 1 rings (SSSR count). The Kier molecular flexibility index (Phi) is 4.39. The van der Waals surface area contributed by atoms with Crippen molar-refractivity contribution in [3.05, 3.63) is 10.6 Å². The SMILES string of the molecule is CCN(CC(=O)O)C(=O)c1snnc1C(C)(C)C. The lowest BCUT2D eigenvalue weighted by molar-refractivity contribution is -0.137. The average molecular weight is 271 g/mol. The van der Waals surface area contributed by atoms with Crippen LogP contribution in [0.25, 0.3) is 0 Å². The number of likely N-dealkylation sites (N-methyl/N-ethyl adjacent to an activating group) is 1. The van der Waals surface area contributed by atoms with Crippen LogP contribution in [0, 0.1) is 0 Å². The molecule has 0 aromatic carbocycles. The van der Waals surface area contributed by atoms with Crippen LogP contribution in [0.3, 0.4) is 0 Å². The summed E-state index contributed by atoms with van der Waals surface area (Å²) in [5.74, 6) is -1.35. The number of aromatic nitrogens is 2. The molecular weight excluding hydrogens is 254 g/mol. The highest BCUT2D eigenvalue weighted by atomic mass is 32.1. The fraction of sp³-hybridized carbons (Fsp3) is 0.636. The Bertz CT molecular complexity index is 451. The molecule has 6 nitrogen and oxygen atoms in total. The van der Waals surface area contributed by atoms with E-state index in [1.807, 2.05) is 20.8 Å². The van der Waals surface area contributed by atoms with Crippen LogP contribution in [0.15, 0.2) is 0 Å². The van der Waals surface area contributed by atoms with Crippen LogP contribution in [0.1, 0.15) is 43.1 Å². The molecule has 7 heteroatoms. The first-order chi connectivity index (χ1) is 8.27. The monoisotopic (exact) mass is 271 g/mol. The predicted molar refractivity (Wildman–Crippen MR) is 67.8 cm³/mol. The van der Waals surface area contributed by atoms with Crippen molar-refractivity contribution in [1.82, 2.24) is 14.5 Å². The molecule has 0 aliphatic heterocycles. The van der Waals surface area contributed by atoms with Crippen molar-refractivity contribution in [2.24, 2.45) is 0 Å². The van der Waals surface area contributed by atoms with Crippen molar-refractivity contribution in [3.63, 3.8) is 0 Å². The fourth-order valence-electron chi connectivity index (χ4n) is 1.46. The van der Waals surface area contributed by atoms with Gasteiger partial charge in [-0.2, -0.15) is 0 Å². The van der Waals surface area contributed by atoms with E-state index in [-0.39, 0.29) is 17.9 Å². The maximum absolute atomic E-state index is 12.2. The van der Waals surface area contributed by atoms with E-state index in [0.29, 0.717) is 17.1 Å². The summed E-state index contributed by atoms with van der Waals surface area (Å²) in [6.07, 6.45) is 0. The lowest BCUT2D eigenvalue weighted by Gasteiger charge is -2.21. The quantitative estimate of drug-likeness (QED) is 0.894. The fourth-order valence-corrected chi connectivity index (χ4v) is 2.30. The summed E-state index contributed by atoms with van der Waals surface area (Å²) in [6.45, 7) is 7.59. The van der Waals surface area contributed by atoms with E-state index in [1.165, 1.54) is 4.90 Å². The van der Waals surface area contributed by atoms with Gasteiger partial charge in [-0.1, -0.05) is 25.3 Å². The molecule has 0 bridgehead atoms. The molecule has 0 aliphatic carbocycles. The molecule has 1 aromatic rings. The summed E-state index contributed by atoms with van der Waals surface area (Å²) in [7, 11) is 0. The minimum Gasteiger partial charge on any atom is -0.480 e. The van der Waals surface area contributed by atoms with Gasteiger partial charge in [-0.3, -0.25) is 9.59 Å². The molecule has 18 heavy (non-hydrogen) atoms. The van der Waals surface area contributed by atoms with Crippen molar-refractivity contribution in [2.45, 2.75) is 33.1 Å². The van der Waals surface area contributed by atoms with E-state index in [4.69, 9.17) is 5.11 Å². The first kappa shape index (κ1) is 14.6. The molecule has 1 aromatic heterocycles. The van der Waals surface area contributed by atoms with Crippen LogP contribution in [-0.4, -0.2) is 44.6 Å². The number of carboxylic acid groups (broad SMARTS) is 1. The number of rotatable bonds is 4. The number of carbonyl (C=O) groups excluding carboxylic acids is 1. The molecule has 1 N–H and O–H groups in total. The van der Waals surface area contributed by atoms with Crippen molar-refractivity contribution in [3.8, 4) is 0 Å². The van der Waals surface area contributed by atoms with Crippen LogP contribution >= 0.6 is 11.5 Å². The second-order valence-corrected chi connectivity index (χ2v) is 5.67. The summed E-state index contributed by atoms with van der Waals surface area (Å²) in [6, 6.07) is 0. The molecule has 1 heterocycles. The molecule has 1 amide bonds. The maximum Gasteiger partial charge on any atom is 0.323 e. The third kappa shape index (κ3) is 3.25. The zero-order valence-electron chi connectivity index (χ0n) is 10.9. The third-order valence-corrected chi connectivity index (χ3v) is 3.10. The number of hydrogen-bond donors (Lipinski definition) is 1. The lowest BCUT2D eigenvalue weighted by atomic mass is 9.91. The number of carboxylic acids is 1. The van der Waals surface area contributed by atoms with Crippen LogP contribution < -0.4 is 0 Å². The highest BCUT2D eigenvalue weighted by molar-refractivity contribution is 7.08. The molecule has 100 valence electrons. The highest BCUT2D eigenvalue weighted by Crippen LogP contribution is 2.26. The van der Waals surface area contributed by atoms with Crippen LogP contribution in [0.4, 0.5) is 0 Å². The Labute approximate surface area is 110 Å². The molecular formula is C11H17N3O3S. The molecule has 0 saturated heterocycles.